The monoisotopic (exact) mass is 410 g/mol. The van der Waals surface area contributed by atoms with Gasteiger partial charge in [0, 0.05) is 18.3 Å². The number of hydrogen-bond donors (Lipinski definition) is 2. The van der Waals surface area contributed by atoms with E-state index in [0.717, 1.165) is 40.2 Å². The number of amidine groups is 1. The fourth-order valence-corrected chi connectivity index (χ4v) is 5.27. The lowest BCUT2D eigenvalue weighted by molar-refractivity contribution is 0.503. The highest BCUT2D eigenvalue weighted by atomic mass is 32.2. The summed E-state index contributed by atoms with van der Waals surface area (Å²) in [6.45, 7) is 5.39. The number of anilines is 1. The maximum absolute atomic E-state index is 4.90. The lowest BCUT2D eigenvalue weighted by Gasteiger charge is -2.12. The van der Waals surface area contributed by atoms with Crippen molar-refractivity contribution in [3.05, 3.63) is 54.1 Å². The van der Waals surface area contributed by atoms with Crippen LogP contribution in [0.4, 0.5) is 10.8 Å². The zero-order chi connectivity index (χ0) is 19.3. The molecule has 2 N–H and O–H groups in total. The van der Waals surface area contributed by atoms with Crippen LogP contribution in [0.15, 0.2) is 53.5 Å². The number of thioether (sulfide) groups is 1. The Kier molecular flexibility index (Phi) is 6.17. The average Bonchev–Trinajstić information content (AvgIpc) is 3.29. The third-order valence-corrected chi connectivity index (χ3v) is 6.73. The quantitative estimate of drug-likeness (QED) is 0.525. The summed E-state index contributed by atoms with van der Waals surface area (Å²) in [5, 5.41) is 9.09. The van der Waals surface area contributed by atoms with Crippen LogP contribution in [0.5, 0.6) is 0 Å². The fourth-order valence-electron chi connectivity index (χ4n) is 3.39. The lowest BCUT2D eigenvalue weighted by atomic mass is 10.1. The molecule has 1 aromatic heterocycles. The molecule has 2 aromatic carbocycles. The number of benzene rings is 2. The minimum absolute atomic E-state index is 0.539. The number of nitrogens with one attached hydrogen (secondary N) is 2. The molecular formula is C22H26N4S2. The molecule has 1 aliphatic rings. The van der Waals surface area contributed by atoms with Gasteiger partial charge in [0.15, 0.2) is 10.3 Å². The van der Waals surface area contributed by atoms with E-state index in [9.17, 15) is 0 Å². The minimum atomic E-state index is 0.539. The van der Waals surface area contributed by atoms with Crippen LogP contribution >= 0.6 is 23.1 Å². The van der Waals surface area contributed by atoms with Crippen LogP contribution in [0.25, 0.3) is 10.2 Å². The zero-order valence-corrected chi connectivity index (χ0v) is 17.9. The first-order valence-electron chi connectivity index (χ1n) is 9.83. The molecule has 4 nitrogen and oxygen atoms in total. The largest absolute Gasteiger partial charge is 0.361 e. The maximum Gasteiger partial charge on any atom is 0.183 e. The number of fused-ring (bicyclic) bond motifs is 1. The van der Waals surface area contributed by atoms with E-state index in [1.165, 1.54) is 16.7 Å². The molecule has 28 heavy (non-hydrogen) atoms. The molecule has 1 aliphatic heterocycles. The Morgan fingerprint density at radius 2 is 2.00 bits per heavy atom. The van der Waals surface area contributed by atoms with Gasteiger partial charge in [-0.2, -0.15) is 0 Å². The molecule has 0 saturated carbocycles. The van der Waals surface area contributed by atoms with Gasteiger partial charge in [-0.25, -0.2) is 9.98 Å². The predicted molar refractivity (Wildman–Crippen MR) is 124 cm³/mol. The molecule has 1 fully saturated rings. The second kappa shape index (κ2) is 8.97. The summed E-state index contributed by atoms with van der Waals surface area (Å²) in [7, 11) is 0. The number of nitrogens with zero attached hydrogens (tertiary/aromatic N) is 2. The molecule has 1 saturated heterocycles. The number of aliphatic imine (C=N–C) groups is 1. The van der Waals surface area contributed by atoms with Crippen molar-refractivity contribution in [3.63, 3.8) is 0 Å². The van der Waals surface area contributed by atoms with Gasteiger partial charge in [0.1, 0.15) is 0 Å². The van der Waals surface area contributed by atoms with Crippen LogP contribution < -0.4 is 10.6 Å². The highest BCUT2D eigenvalue weighted by molar-refractivity contribution is 8.14. The van der Waals surface area contributed by atoms with Gasteiger partial charge in [-0.05, 0) is 42.5 Å². The molecule has 3 aromatic rings. The van der Waals surface area contributed by atoms with Gasteiger partial charge >= 0.3 is 0 Å². The van der Waals surface area contributed by atoms with Gasteiger partial charge in [0.2, 0.25) is 0 Å². The first kappa shape index (κ1) is 19.3. The smallest absolute Gasteiger partial charge is 0.183 e. The summed E-state index contributed by atoms with van der Waals surface area (Å²) in [4.78, 5) is 9.55. The third kappa shape index (κ3) is 4.86. The molecule has 6 heteroatoms. The van der Waals surface area contributed by atoms with E-state index in [4.69, 9.17) is 4.99 Å². The summed E-state index contributed by atoms with van der Waals surface area (Å²) in [5.74, 6) is 1.82. The second-order valence-corrected chi connectivity index (χ2v) is 9.53. The van der Waals surface area contributed by atoms with Crippen molar-refractivity contribution in [2.75, 3.05) is 17.6 Å². The Balaban J connectivity index is 1.38. The topological polar surface area (TPSA) is 49.3 Å². The number of para-hydroxylation sites is 2. The van der Waals surface area contributed by atoms with Crippen molar-refractivity contribution in [2.45, 2.75) is 32.7 Å². The Morgan fingerprint density at radius 3 is 2.86 bits per heavy atom. The van der Waals surface area contributed by atoms with Crippen LogP contribution in [0.3, 0.4) is 0 Å². The van der Waals surface area contributed by atoms with Gasteiger partial charge in [-0.3, -0.25) is 0 Å². The SMILES string of the molecule is CC(C)C[C@@H]1CS/C(=N/c2ccccc2CCNc2nc3ccccc3s2)N1. The molecule has 0 radical (unpaired) electrons. The Hall–Kier alpha value is -2.05. The average molecular weight is 411 g/mol. The second-order valence-electron chi connectivity index (χ2n) is 7.49. The molecule has 1 atom stereocenters. The number of rotatable bonds is 7. The van der Waals surface area contributed by atoms with E-state index in [0.29, 0.717) is 12.0 Å². The number of aromatic nitrogens is 1. The summed E-state index contributed by atoms with van der Waals surface area (Å²) >= 11 is 3.54. The minimum Gasteiger partial charge on any atom is -0.361 e. The van der Waals surface area contributed by atoms with E-state index in [1.807, 2.05) is 17.8 Å². The molecule has 2 heterocycles. The van der Waals surface area contributed by atoms with Gasteiger partial charge in [-0.15, -0.1) is 0 Å². The lowest BCUT2D eigenvalue weighted by Crippen LogP contribution is -2.28. The van der Waals surface area contributed by atoms with E-state index in [1.54, 1.807) is 11.3 Å². The highest BCUT2D eigenvalue weighted by Gasteiger charge is 2.21. The summed E-state index contributed by atoms with van der Waals surface area (Å²) in [6.07, 6.45) is 2.11. The van der Waals surface area contributed by atoms with Crippen LogP contribution in [0.2, 0.25) is 0 Å². The molecule has 0 spiro atoms. The van der Waals surface area contributed by atoms with Gasteiger partial charge in [0.05, 0.1) is 15.9 Å². The van der Waals surface area contributed by atoms with Crippen LogP contribution in [-0.4, -0.2) is 28.5 Å². The molecule has 4 rings (SSSR count). The normalized spacial score (nSPS) is 18.1. The molecule has 0 unspecified atom stereocenters. The van der Waals surface area contributed by atoms with E-state index in [-0.39, 0.29) is 0 Å². The first-order valence-corrected chi connectivity index (χ1v) is 11.6. The van der Waals surface area contributed by atoms with Gasteiger partial charge in [0.25, 0.3) is 0 Å². The van der Waals surface area contributed by atoms with E-state index < -0.39 is 0 Å². The van der Waals surface area contributed by atoms with Gasteiger partial charge in [-0.1, -0.05) is 67.3 Å². The van der Waals surface area contributed by atoms with Crippen molar-refractivity contribution in [1.82, 2.24) is 10.3 Å². The standard InChI is InChI=1S/C22H26N4S2/c1-15(2)13-17-14-27-22(24-17)25-18-8-4-3-7-16(18)11-12-23-21-26-19-9-5-6-10-20(19)28-21/h3-10,15,17H,11-14H2,1-2H3,(H,23,26)(H,24,25)/t17-/m1/s1. The first-order chi connectivity index (χ1) is 13.7. The van der Waals surface area contributed by atoms with Crippen LogP contribution in [-0.2, 0) is 6.42 Å². The number of thiazole rings is 1. The van der Waals surface area contributed by atoms with Crippen LogP contribution in [0.1, 0.15) is 25.8 Å². The van der Waals surface area contributed by atoms with Gasteiger partial charge < -0.3 is 10.6 Å². The molecule has 0 amide bonds. The zero-order valence-electron chi connectivity index (χ0n) is 16.3. The maximum atomic E-state index is 4.90. The van der Waals surface area contributed by atoms with Crippen LogP contribution in [0, 0.1) is 5.92 Å². The Bertz CT molecular complexity index is 931. The summed E-state index contributed by atoms with van der Waals surface area (Å²) in [5.41, 5.74) is 3.38. The van der Waals surface area contributed by atoms with Crippen molar-refractivity contribution in [2.24, 2.45) is 10.9 Å². The van der Waals surface area contributed by atoms with Crippen molar-refractivity contribution < 1.29 is 0 Å². The predicted octanol–water partition coefficient (Wildman–Crippen LogP) is 5.69. The van der Waals surface area contributed by atoms with E-state index in [2.05, 4.69) is 71.9 Å². The van der Waals surface area contributed by atoms with E-state index >= 15 is 0 Å². The Labute approximate surface area is 174 Å². The summed E-state index contributed by atoms with van der Waals surface area (Å²) in [6, 6.07) is 17.2. The van der Waals surface area contributed by atoms with Crippen molar-refractivity contribution in [1.29, 1.82) is 0 Å². The number of hydrogen-bond acceptors (Lipinski definition) is 5. The highest BCUT2D eigenvalue weighted by Crippen LogP contribution is 2.27. The fraction of sp³-hybridized carbons (Fsp3) is 0.364. The van der Waals surface area contributed by atoms with Crippen molar-refractivity contribution >= 4 is 49.3 Å². The molecule has 0 bridgehead atoms. The molecular weight excluding hydrogens is 384 g/mol. The third-order valence-electron chi connectivity index (χ3n) is 4.68. The summed E-state index contributed by atoms with van der Waals surface area (Å²) < 4.78 is 1.22. The molecule has 0 aliphatic carbocycles. The Morgan fingerprint density at radius 1 is 1.18 bits per heavy atom. The molecule has 146 valence electrons. The van der Waals surface area contributed by atoms with Crippen molar-refractivity contribution in [3.8, 4) is 0 Å².